The first-order chi connectivity index (χ1) is 8.95. The van der Waals surface area contributed by atoms with E-state index in [0.29, 0.717) is 6.42 Å². The summed E-state index contributed by atoms with van der Waals surface area (Å²) in [5.41, 5.74) is 5.81. The zero-order chi connectivity index (χ0) is 14.4. The molecular weight excluding hydrogens is 246 g/mol. The number of nitrogens with two attached hydrogens (primary N) is 1. The number of carbonyl (C=O) groups is 2. The van der Waals surface area contributed by atoms with E-state index in [-0.39, 0.29) is 17.9 Å². The van der Waals surface area contributed by atoms with E-state index in [0.717, 1.165) is 25.8 Å². The molecule has 0 radical (unpaired) electrons. The molecule has 1 fully saturated rings. The molecule has 2 unspecified atom stereocenters. The highest BCUT2D eigenvalue weighted by Crippen LogP contribution is 2.12. The highest BCUT2D eigenvalue weighted by molar-refractivity contribution is 5.86. The van der Waals surface area contributed by atoms with E-state index < -0.39 is 18.1 Å². The summed E-state index contributed by atoms with van der Waals surface area (Å²) >= 11 is 0. The Balaban J connectivity index is 2.52. The third-order valence-electron chi connectivity index (χ3n) is 3.86. The minimum absolute atomic E-state index is 0.0408. The van der Waals surface area contributed by atoms with Gasteiger partial charge >= 0.3 is 5.97 Å². The number of carboxylic acids is 1. The Kier molecular flexibility index (Phi) is 6.24. The first kappa shape index (κ1) is 15.9. The SMILES string of the molecule is CCC(C)[C@H](N)C(=O)N[C@@H](CC1CCCN1)C(=O)O. The predicted octanol–water partition coefficient (Wildman–Crippen LogP) is 0.0713. The molecule has 1 rings (SSSR count). The Morgan fingerprint density at radius 3 is 2.68 bits per heavy atom. The fraction of sp³-hybridized carbons (Fsp3) is 0.846. The number of amides is 1. The van der Waals surface area contributed by atoms with Crippen LogP contribution in [0.5, 0.6) is 0 Å². The fourth-order valence-corrected chi connectivity index (χ4v) is 2.24. The van der Waals surface area contributed by atoms with E-state index in [9.17, 15) is 14.7 Å². The van der Waals surface area contributed by atoms with E-state index in [1.54, 1.807) is 0 Å². The van der Waals surface area contributed by atoms with Crippen LogP contribution in [0.25, 0.3) is 0 Å². The van der Waals surface area contributed by atoms with Gasteiger partial charge in [-0.3, -0.25) is 4.79 Å². The van der Waals surface area contributed by atoms with Crippen molar-refractivity contribution in [3.63, 3.8) is 0 Å². The normalized spacial score (nSPS) is 23.6. The summed E-state index contributed by atoms with van der Waals surface area (Å²) in [7, 11) is 0. The summed E-state index contributed by atoms with van der Waals surface area (Å²) in [5, 5.41) is 15.0. The largest absolute Gasteiger partial charge is 0.480 e. The van der Waals surface area contributed by atoms with Crippen molar-refractivity contribution in [2.75, 3.05) is 6.54 Å². The van der Waals surface area contributed by atoms with E-state index in [4.69, 9.17) is 5.73 Å². The van der Waals surface area contributed by atoms with Crippen molar-refractivity contribution >= 4 is 11.9 Å². The first-order valence-electron chi connectivity index (χ1n) is 6.97. The molecule has 0 aromatic carbocycles. The second-order valence-electron chi connectivity index (χ2n) is 5.34. The number of hydrogen-bond acceptors (Lipinski definition) is 4. The van der Waals surface area contributed by atoms with Crippen LogP contribution in [0.4, 0.5) is 0 Å². The van der Waals surface area contributed by atoms with Gasteiger partial charge in [0.25, 0.3) is 0 Å². The molecule has 5 N–H and O–H groups in total. The van der Waals surface area contributed by atoms with Gasteiger partial charge in [0.2, 0.25) is 5.91 Å². The second kappa shape index (κ2) is 7.45. The van der Waals surface area contributed by atoms with Crippen molar-refractivity contribution in [2.45, 2.75) is 57.7 Å². The summed E-state index contributed by atoms with van der Waals surface area (Å²) < 4.78 is 0. The molecule has 110 valence electrons. The van der Waals surface area contributed by atoms with Crippen molar-refractivity contribution in [1.82, 2.24) is 10.6 Å². The van der Waals surface area contributed by atoms with E-state index in [1.807, 2.05) is 13.8 Å². The van der Waals surface area contributed by atoms with Crippen molar-refractivity contribution in [3.8, 4) is 0 Å². The predicted molar refractivity (Wildman–Crippen MR) is 72.6 cm³/mol. The molecule has 19 heavy (non-hydrogen) atoms. The van der Waals surface area contributed by atoms with Crippen LogP contribution >= 0.6 is 0 Å². The molecule has 1 amide bonds. The van der Waals surface area contributed by atoms with Crippen LogP contribution in [0.2, 0.25) is 0 Å². The molecule has 4 atom stereocenters. The van der Waals surface area contributed by atoms with Crippen LogP contribution in [-0.4, -0.2) is 41.7 Å². The Morgan fingerprint density at radius 1 is 1.53 bits per heavy atom. The molecule has 0 bridgehead atoms. The zero-order valence-corrected chi connectivity index (χ0v) is 11.7. The van der Waals surface area contributed by atoms with Gasteiger partial charge < -0.3 is 21.5 Å². The Labute approximate surface area is 114 Å². The number of carboxylic acid groups (broad SMARTS) is 1. The van der Waals surface area contributed by atoms with Gasteiger partial charge in [0, 0.05) is 6.04 Å². The topological polar surface area (TPSA) is 104 Å². The third-order valence-corrected chi connectivity index (χ3v) is 3.86. The van der Waals surface area contributed by atoms with Gasteiger partial charge in [-0.15, -0.1) is 0 Å². The fourth-order valence-electron chi connectivity index (χ4n) is 2.24. The molecule has 0 aromatic rings. The molecule has 1 aliphatic heterocycles. The van der Waals surface area contributed by atoms with Gasteiger partial charge in [0.05, 0.1) is 6.04 Å². The number of aliphatic carboxylic acids is 1. The molecule has 1 heterocycles. The molecule has 6 heteroatoms. The van der Waals surface area contributed by atoms with Crippen molar-refractivity contribution in [3.05, 3.63) is 0 Å². The first-order valence-corrected chi connectivity index (χ1v) is 6.97. The van der Waals surface area contributed by atoms with Crippen LogP contribution in [0.3, 0.4) is 0 Å². The molecule has 1 aliphatic rings. The number of rotatable bonds is 7. The van der Waals surface area contributed by atoms with Crippen molar-refractivity contribution in [1.29, 1.82) is 0 Å². The molecule has 0 spiro atoms. The van der Waals surface area contributed by atoms with Gasteiger partial charge in [-0.25, -0.2) is 4.79 Å². The lowest BCUT2D eigenvalue weighted by atomic mass is 9.98. The van der Waals surface area contributed by atoms with Crippen molar-refractivity contribution < 1.29 is 14.7 Å². The smallest absolute Gasteiger partial charge is 0.326 e. The van der Waals surface area contributed by atoms with Crippen LogP contribution in [0.15, 0.2) is 0 Å². The highest BCUT2D eigenvalue weighted by Gasteiger charge is 2.28. The van der Waals surface area contributed by atoms with Gasteiger partial charge in [0.15, 0.2) is 0 Å². The lowest BCUT2D eigenvalue weighted by Gasteiger charge is -2.23. The summed E-state index contributed by atoms with van der Waals surface area (Å²) in [6, 6.07) is -1.34. The number of hydrogen-bond donors (Lipinski definition) is 4. The molecule has 1 saturated heterocycles. The Morgan fingerprint density at radius 2 is 2.21 bits per heavy atom. The minimum Gasteiger partial charge on any atom is -0.480 e. The maximum Gasteiger partial charge on any atom is 0.326 e. The zero-order valence-electron chi connectivity index (χ0n) is 11.7. The van der Waals surface area contributed by atoms with Gasteiger partial charge in [0.1, 0.15) is 6.04 Å². The molecule has 0 saturated carbocycles. The minimum atomic E-state index is -1.00. The summed E-state index contributed by atoms with van der Waals surface area (Å²) in [4.78, 5) is 23.1. The lowest BCUT2D eigenvalue weighted by Crippen LogP contribution is -2.52. The lowest BCUT2D eigenvalue weighted by molar-refractivity contribution is -0.142. The van der Waals surface area contributed by atoms with E-state index in [2.05, 4.69) is 10.6 Å². The average Bonchev–Trinajstić information content (AvgIpc) is 2.88. The van der Waals surface area contributed by atoms with Gasteiger partial charge in [-0.2, -0.15) is 0 Å². The standard InChI is InChI=1S/C13H25N3O3/c1-3-8(2)11(14)12(17)16-10(13(18)19)7-9-5-4-6-15-9/h8-11,15H,3-7,14H2,1-2H3,(H,16,17)(H,18,19)/t8?,9?,10-,11-/m0/s1. The second-order valence-corrected chi connectivity index (χ2v) is 5.34. The highest BCUT2D eigenvalue weighted by atomic mass is 16.4. The summed E-state index contributed by atoms with van der Waals surface area (Å²) in [6.07, 6.45) is 3.21. The van der Waals surface area contributed by atoms with Crippen LogP contribution in [0, 0.1) is 5.92 Å². The number of nitrogens with one attached hydrogen (secondary N) is 2. The van der Waals surface area contributed by atoms with Crippen LogP contribution in [0.1, 0.15) is 39.5 Å². The van der Waals surface area contributed by atoms with Crippen molar-refractivity contribution in [2.24, 2.45) is 11.7 Å². The van der Waals surface area contributed by atoms with E-state index in [1.165, 1.54) is 0 Å². The monoisotopic (exact) mass is 271 g/mol. The molecule has 0 aromatic heterocycles. The van der Waals surface area contributed by atoms with Crippen LogP contribution in [-0.2, 0) is 9.59 Å². The van der Waals surface area contributed by atoms with E-state index >= 15 is 0 Å². The Bertz CT molecular complexity index is 316. The van der Waals surface area contributed by atoms with Gasteiger partial charge in [-0.1, -0.05) is 20.3 Å². The summed E-state index contributed by atoms with van der Waals surface area (Å²) in [6.45, 7) is 4.75. The third kappa shape index (κ3) is 4.80. The maximum atomic E-state index is 11.9. The van der Waals surface area contributed by atoms with Crippen LogP contribution < -0.4 is 16.4 Å². The summed E-state index contributed by atoms with van der Waals surface area (Å²) in [5.74, 6) is -1.34. The quantitative estimate of drug-likeness (QED) is 0.524. The average molecular weight is 271 g/mol. The molecule has 0 aliphatic carbocycles. The molecule has 6 nitrogen and oxygen atoms in total. The molecular formula is C13H25N3O3. The maximum absolute atomic E-state index is 11.9. The number of carbonyl (C=O) groups excluding carboxylic acids is 1. The van der Waals surface area contributed by atoms with Gasteiger partial charge in [-0.05, 0) is 31.7 Å². The Hall–Kier alpha value is -1.14.